The lowest BCUT2D eigenvalue weighted by Crippen LogP contribution is -2.07. The van der Waals surface area contributed by atoms with E-state index in [1.54, 1.807) is 0 Å². The van der Waals surface area contributed by atoms with E-state index >= 15 is 0 Å². The fraction of sp³-hybridized carbons (Fsp3) is 1.00. The van der Waals surface area contributed by atoms with Crippen LogP contribution in [0.4, 0.5) is 0 Å². The third-order valence-corrected chi connectivity index (χ3v) is 4.66. The van der Waals surface area contributed by atoms with Gasteiger partial charge in [-0.05, 0) is 29.1 Å². The Morgan fingerprint density at radius 2 is 1.75 bits per heavy atom. The minimum absolute atomic E-state index is 0.556. The third-order valence-electron chi connectivity index (χ3n) is 4.02. The Balaban J connectivity index is 2.63. The first kappa shape index (κ1) is 10.6. The molecule has 1 saturated carbocycles. The molecule has 0 spiro atoms. The van der Waals surface area contributed by atoms with Gasteiger partial charge in [0, 0.05) is 5.33 Å². The molecular weight excluding hydrogens is 212 g/mol. The van der Waals surface area contributed by atoms with E-state index in [9.17, 15) is 0 Å². The molecular formula is C11H21Br. The van der Waals surface area contributed by atoms with Crippen molar-refractivity contribution in [1.82, 2.24) is 0 Å². The zero-order valence-electron chi connectivity index (χ0n) is 8.95. The molecule has 0 nitrogen and oxygen atoms in total. The molecule has 0 aromatic heterocycles. The van der Waals surface area contributed by atoms with Gasteiger partial charge in [0.15, 0.2) is 0 Å². The molecule has 1 aliphatic rings. The first-order chi connectivity index (χ1) is 5.36. The number of rotatable bonds is 3. The summed E-state index contributed by atoms with van der Waals surface area (Å²) in [5.41, 5.74) is 1.14. The summed E-state index contributed by atoms with van der Waals surface area (Å²) in [5, 5.41) is 1.17. The largest absolute Gasteiger partial charge is 0.0925 e. The summed E-state index contributed by atoms with van der Waals surface area (Å²) in [4.78, 5) is 0. The Labute approximate surface area is 85.3 Å². The fourth-order valence-electron chi connectivity index (χ4n) is 2.81. The molecule has 0 amide bonds. The van der Waals surface area contributed by atoms with Gasteiger partial charge in [-0.3, -0.25) is 0 Å². The molecule has 1 heteroatoms. The monoisotopic (exact) mass is 232 g/mol. The van der Waals surface area contributed by atoms with Gasteiger partial charge in [0.2, 0.25) is 0 Å². The second kappa shape index (κ2) is 3.01. The normalized spacial score (nSPS) is 38.8. The van der Waals surface area contributed by atoms with E-state index in [1.165, 1.54) is 11.8 Å². The lowest BCUT2D eigenvalue weighted by Gasteiger charge is -2.16. The van der Waals surface area contributed by atoms with Crippen LogP contribution in [0.2, 0.25) is 0 Å². The van der Waals surface area contributed by atoms with Crippen molar-refractivity contribution >= 4 is 15.9 Å². The molecule has 0 saturated heterocycles. The van der Waals surface area contributed by atoms with E-state index in [-0.39, 0.29) is 0 Å². The van der Waals surface area contributed by atoms with E-state index in [0.29, 0.717) is 10.8 Å². The molecule has 0 aromatic carbocycles. The summed E-state index contributed by atoms with van der Waals surface area (Å²) in [6.07, 6.45) is 1.37. The molecule has 2 atom stereocenters. The van der Waals surface area contributed by atoms with E-state index in [1.807, 2.05) is 0 Å². The summed E-state index contributed by atoms with van der Waals surface area (Å²) in [6.45, 7) is 11.9. The maximum Gasteiger partial charge on any atom is 0.00703 e. The van der Waals surface area contributed by atoms with Crippen molar-refractivity contribution < 1.29 is 0 Å². The molecule has 1 rings (SSSR count). The van der Waals surface area contributed by atoms with Crippen LogP contribution in [-0.2, 0) is 0 Å². The second-order valence-electron chi connectivity index (χ2n) is 5.44. The predicted molar refractivity (Wildman–Crippen MR) is 58.6 cm³/mol. The van der Waals surface area contributed by atoms with Gasteiger partial charge in [0.1, 0.15) is 0 Å². The smallest absolute Gasteiger partial charge is 0.00703 e. The lowest BCUT2D eigenvalue weighted by atomic mass is 9.89. The van der Waals surface area contributed by atoms with E-state index in [4.69, 9.17) is 0 Å². The van der Waals surface area contributed by atoms with Crippen molar-refractivity contribution in [2.45, 2.75) is 41.0 Å². The van der Waals surface area contributed by atoms with Crippen LogP contribution >= 0.6 is 15.9 Å². The highest BCUT2D eigenvalue weighted by atomic mass is 79.9. The molecule has 72 valence electrons. The van der Waals surface area contributed by atoms with Crippen LogP contribution in [0.25, 0.3) is 0 Å². The fourth-order valence-corrected chi connectivity index (χ4v) is 4.34. The predicted octanol–water partition coefficient (Wildman–Crippen LogP) is 4.09. The Kier molecular flexibility index (Phi) is 2.65. The molecule has 12 heavy (non-hydrogen) atoms. The number of hydrogen-bond donors (Lipinski definition) is 0. The van der Waals surface area contributed by atoms with Crippen molar-refractivity contribution in [2.75, 3.05) is 5.33 Å². The maximum absolute atomic E-state index is 3.62. The van der Waals surface area contributed by atoms with Gasteiger partial charge < -0.3 is 0 Å². The third kappa shape index (κ3) is 1.34. The molecule has 0 aromatic rings. The van der Waals surface area contributed by atoms with Crippen molar-refractivity contribution in [1.29, 1.82) is 0 Å². The van der Waals surface area contributed by atoms with Crippen LogP contribution in [0.1, 0.15) is 41.0 Å². The van der Waals surface area contributed by atoms with Gasteiger partial charge >= 0.3 is 0 Å². The SMILES string of the molecule is CC(C)CC1(C)C(CBr)C1(C)C. The summed E-state index contributed by atoms with van der Waals surface area (Å²) >= 11 is 3.62. The van der Waals surface area contributed by atoms with Crippen LogP contribution in [0.3, 0.4) is 0 Å². The zero-order valence-corrected chi connectivity index (χ0v) is 10.5. The summed E-state index contributed by atoms with van der Waals surface area (Å²) in [6, 6.07) is 0. The van der Waals surface area contributed by atoms with Crippen molar-refractivity contribution in [3.63, 3.8) is 0 Å². The van der Waals surface area contributed by atoms with Gasteiger partial charge in [-0.1, -0.05) is 50.5 Å². The van der Waals surface area contributed by atoms with Crippen molar-refractivity contribution in [3.05, 3.63) is 0 Å². The van der Waals surface area contributed by atoms with Gasteiger partial charge in [-0.2, -0.15) is 0 Å². The van der Waals surface area contributed by atoms with E-state index in [2.05, 4.69) is 50.5 Å². The molecule has 1 fully saturated rings. The molecule has 0 radical (unpaired) electrons. The summed E-state index contributed by atoms with van der Waals surface area (Å²) in [7, 11) is 0. The van der Waals surface area contributed by atoms with Gasteiger partial charge in [-0.15, -0.1) is 0 Å². The standard InChI is InChI=1S/C11H21Br/c1-8(2)6-11(5)9(7-12)10(11,3)4/h8-9H,6-7H2,1-5H3. The molecule has 1 aliphatic carbocycles. The first-order valence-electron chi connectivity index (χ1n) is 4.92. The summed E-state index contributed by atoms with van der Waals surface area (Å²) < 4.78 is 0. The lowest BCUT2D eigenvalue weighted by molar-refractivity contribution is 0.336. The second-order valence-corrected chi connectivity index (χ2v) is 6.09. The van der Waals surface area contributed by atoms with Crippen LogP contribution in [0.5, 0.6) is 0 Å². The maximum atomic E-state index is 3.62. The van der Waals surface area contributed by atoms with Crippen molar-refractivity contribution in [2.24, 2.45) is 22.7 Å². The van der Waals surface area contributed by atoms with Gasteiger partial charge in [0.25, 0.3) is 0 Å². The van der Waals surface area contributed by atoms with Crippen LogP contribution in [0.15, 0.2) is 0 Å². The Morgan fingerprint density at radius 1 is 1.25 bits per heavy atom. The first-order valence-corrected chi connectivity index (χ1v) is 6.04. The minimum Gasteiger partial charge on any atom is -0.0925 e. The van der Waals surface area contributed by atoms with Crippen LogP contribution in [0, 0.1) is 22.7 Å². The molecule has 2 unspecified atom stereocenters. The highest BCUT2D eigenvalue weighted by Crippen LogP contribution is 2.71. The molecule has 0 N–H and O–H groups in total. The Hall–Kier alpha value is 0.480. The molecule has 0 heterocycles. The summed E-state index contributed by atoms with van der Waals surface area (Å²) in [5.74, 6) is 1.71. The van der Waals surface area contributed by atoms with Crippen LogP contribution in [-0.4, -0.2) is 5.33 Å². The highest BCUT2D eigenvalue weighted by Gasteiger charge is 2.66. The minimum atomic E-state index is 0.556. The molecule has 0 bridgehead atoms. The number of halogens is 1. The Bertz CT molecular complexity index is 172. The topological polar surface area (TPSA) is 0 Å². The van der Waals surface area contributed by atoms with Crippen molar-refractivity contribution in [3.8, 4) is 0 Å². The quantitative estimate of drug-likeness (QED) is 0.644. The van der Waals surface area contributed by atoms with E-state index in [0.717, 1.165) is 11.8 Å². The van der Waals surface area contributed by atoms with Gasteiger partial charge in [0.05, 0.1) is 0 Å². The average molecular weight is 233 g/mol. The molecule has 0 aliphatic heterocycles. The Morgan fingerprint density at radius 3 is 2.00 bits per heavy atom. The van der Waals surface area contributed by atoms with Crippen LogP contribution < -0.4 is 0 Å². The van der Waals surface area contributed by atoms with E-state index < -0.39 is 0 Å². The highest BCUT2D eigenvalue weighted by molar-refractivity contribution is 9.09. The zero-order chi connectivity index (χ0) is 9.57. The number of hydrogen-bond acceptors (Lipinski definition) is 0. The van der Waals surface area contributed by atoms with Gasteiger partial charge in [-0.25, -0.2) is 0 Å². The number of alkyl halides is 1. The average Bonchev–Trinajstić information content (AvgIpc) is 2.24.